The Morgan fingerprint density at radius 3 is 2.83 bits per heavy atom. The first kappa shape index (κ1) is 16.3. The van der Waals surface area contributed by atoms with Gasteiger partial charge in [0.15, 0.2) is 0 Å². The number of carbonyl (C=O) groups is 1. The number of halogens is 1. The van der Waals surface area contributed by atoms with Crippen LogP contribution in [0.2, 0.25) is 0 Å². The summed E-state index contributed by atoms with van der Waals surface area (Å²) in [6, 6.07) is 12.6. The van der Waals surface area contributed by atoms with Crippen LogP contribution in [0.3, 0.4) is 0 Å². The van der Waals surface area contributed by atoms with Gasteiger partial charge in [-0.3, -0.25) is 9.59 Å². The Labute approximate surface area is 146 Å². The summed E-state index contributed by atoms with van der Waals surface area (Å²) >= 11 is 3.39. The van der Waals surface area contributed by atoms with E-state index in [2.05, 4.69) is 31.6 Å². The fraction of sp³-hybridized carbons (Fsp3) is 0.176. The summed E-state index contributed by atoms with van der Waals surface area (Å²) in [7, 11) is 0. The van der Waals surface area contributed by atoms with E-state index < -0.39 is 0 Å². The van der Waals surface area contributed by atoms with Gasteiger partial charge in [0, 0.05) is 16.6 Å². The zero-order valence-electron chi connectivity index (χ0n) is 13.0. The highest BCUT2D eigenvalue weighted by Crippen LogP contribution is 2.20. The number of nitrogens with zero attached hydrogens (tertiary/aromatic N) is 3. The Morgan fingerprint density at radius 2 is 2.04 bits per heavy atom. The normalized spacial score (nSPS) is 10.8. The van der Waals surface area contributed by atoms with Crippen molar-refractivity contribution in [3.05, 3.63) is 62.9 Å². The van der Waals surface area contributed by atoms with Gasteiger partial charge in [-0.1, -0.05) is 33.3 Å². The van der Waals surface area contributed by atoms with Gasteiger partial charge in [-0.15, -0.1) is 5.10 Å². The lowest BCUT2D eigenvalue weighted by molar-refractivity contribution is -0.116. The molecule has 1 N–H and O–H groups in total. The Hall–Kier alpha value is -2.54. The van der Waals surface area contributed by atoms with Crippen LogP contribution in [0.1, 0.15) is 12.0 Å². The molecule has 0 unspecified atom stereocenters. The maximum absolute atomic E-state index is 12.3. The van der Waals surface area contributed by atoms with Crippen LogP contribution in [0.5, 0.6) is 0 Å². The van der Waals surface area contributed by atoms with E-state index in [1.54, 1.807) is 24.3 Å². The zero-order valence-corrected chi connectivity index (χ0v) is 14.6. The van der Waals surface area contributed by atoms with Gasteiger partial charge >= 0.3 is 0 Å². The van der Waals surface area contributed by atoms with Gasteiger partial charge in [0.05, 0.1) is 11.9 Å². The first-order chi connectivity index (χ1) is 11.5. The topological polar surface area (TPSA) is 76.9 Å². The van der Waals surface area contributed by atoms with E-state index in [1.807, 2.05) is 25.1 Å². The highest BCUT2D eigenvalue weighted by Gasteiger charge is 2.09. The van der Waals surface area contributed by atoms with E-state index in [0.29, 0.717) is 10.9 Å². The predicted octanol–water partition coefficient (Wildman–Crippen LogP) is 2.89. The fourth-order valence-corrected chi connectivity index (χ4v) is 2.83. The minimum atomic E-state index is -0.242. The lowest BCUT2D eigenvalue weighted by Crippen LogP contribution is -2.26. The van der Waals surface area contributed by atoms with Crippen LogP contribution < -0.4 is 10.9 Å². The number of aromatic nitrogens is 3. The lowest BCUT2D eigenvalue weighted by atomic mass is 10.2. The summed E-state index contributed by atoms with van der Waals surface area (Å²) < 4.78 is 2.17. The van der Waals surface area contributed by atoms with Crippen molar-refractivity contribution < 1.29 is 4.79 Å². The largest absolute Gasteiger partial charge is 0.326 e. The zero-order chi connectivity index (χ0) is 17.1. The van der Waals surface area contributed by atoms with Gasteiger partial charge in [-0.2, -0.15) is 0 Å². The summed E-state index contributed by atoms with van der Waals surface area (Å²) in [6.07, 6.45) is 0.141. The third-order valence-electron chi connectivity index (χ3n) is 3.64. The average molecular weight is 387 g/mol. The van der Waals surface area contributed by atoms with Gasteiger partial charge in [-0.05, 0) is 42.8 Å². The molecule has 122 valence electrons. The molecule has 0 saturated carbocycles. The van der Waals surface area contributed by atoms with Crippen LogP contribution in [0.15, 0.2) is 51.7 Å². The lowest BCUT2D eigenvalue weighted by Gasteiger charge is -2.09. The van der Waals surface area contributed by atoms with Crippen LogP contribution in [-0.2, 0) is 11.3 Å². The first-order valence-corrected chi connectivity index (χ1v) is 8.22. The van der Waals surface area contributed by atoms with Crippen LogP contribution >= 0.6 is 15.9 Å². The van der Waals surface area contributed by atoms with Crippen molar-refractivity contribution in [2.45, 2.75) is 19.9 Å². The van der Waals surface area contributed by atoms with Crippen LogP contribution in [0, 0.1) is 6.92 Å². The van der Waals surface area contributed by atoms with Gasteiger partial charge in [0.25, 0.3) is 5.56 Å². The van der Waals surface area contributed by atoms with E-state index in [0.717, 1.165) is 15.7 Å². The molecule has 0 saturated heterocycles. The molecule has 24 heavy (non-hydrogen) atoms. The molecular formula is C17H15BrN4O2. The van der Waals surface area contributed by atoms with Crippen molar-refractivity contribution >= 4 is 38.4 Å². The van der Waals surface area contributed by atoms with Crippen LogP contribution in [-0.4, -0.2) is 20.9 Å². The second-order valence-corrected chi connectivity index (χ2v) is 6.31. The molecule has 3 aromatic rings. The number of carbonyl (C=O) groups excluding carboxylic acids is 1. The molecule has 0 aliphatic carbocycles. The molecule has 1 amide bonds. The maximum Gasteiger partial charge on any atom is 0.277 e. The highest BCUT2D eigenvalue weighted by atomic mass is 79.9. The van der Waals surface area contributed by atoms with Crippen LogP contribution in [0.25, 0.3) is 10.9 Å². The summed E-state index contributed by atoms with van der Waals surface area (Å²) in [6.45, 7) is 2.09. The molecule has 0 aliphatic rings. The van der Waals surface area contributed by atoms with E-state index in [9.17, 15) is 9.59 Å². The third-order valence-corrected chi connectivity index (χ3v) is 4.14. The number of hydrogen-bond acceptors (Lipinski definition) is 4. The Balaban J connectivity index is 1.70. The molecule has 3 rings (SSSR count). The highest BCUT2D eigenvalue weighted by molar-refractivity contribution is 9.10. The van der Waals surface area contributed by atoms with E-state index in [-0.39, 0.29) is 24.4 Å². The number of benzene rings is 2. The molecule has 1 heterocycles. The van der Waals surface area contributed by atoms with Crippen molar-refractivity contribution in [2.75, 3.05) is 5.32 Å². The molecular weight excluding hydrogens is 372 g/mol. The number of fused-ring (bicyclic) bond motifs is 1. The molecule has 0 atom stereocenters. The Bertz CT molecular complexity index is 968. The van der Waals surface area contributed by atoms with E-state index >= 15 is 0 Å². The number of hydrogen-bond donors (Lipinski definition) is 1. The van der Waals surface area contributed by atoms with Crippen molar-refractivity contribution in [1.29, 1.82) is 0 Å². The quantitative estimate of drug-likeness (QED) is 0.747. The van der Waals surface area contributed by atoms with Gasteiger partial charge < -0.3 is 5.32 Å². The second kappa shape index (κ2) is 6.92. The monoisotopic (exact) mass is 386 g/mol. The summed E-state index contributed by atoms with van der Waals surface area (Å²) in [5.74, 6) is -0.178. The molecule has 6 nitrogen and oxygen atoms in total. The van der Waals surface area contributed by atoms with Gasteiger partial charge in [0.1, 0.15) is 5.52 Å². The van der Waals surface area contributed by atoms with Gasteiger partial charge in [-0.25, -0.2) is 4.68 Å². The summed E-state index contributed by atoms with van der Waals surface area (Å²) in [4.78, 5) is 24.4. The van der Waals surface area contributed by atoms with E-state index in [4.69, 9.17) is 0 Å². The average Bonchev–Trinajstić information content (AvgIpc) is 2.57. The molecule has 0 fully saturated rings. The first-order valence-electron chi connectivity index (χ1n) is 7.43. The molecule has 0 bridgehead atoms. The Kier molecular flexibility index (Phi) is 4.71. The third kappa shape index (κ3) is 3.51. The number of amides is 1. The minimum absolute atomic E-state index is 0.141. The van der Waals surface area contributed by atoms with E-state index in [1.165, 1.54) is 4.68 Å². The fourth-order valence-electron chi connectivity index (χ4n) is 2.36. The smallest absolute Gasteiger partial charge is 0.277 e. The van der Waals surface area contributed by atoms with Crippen molar-refractivity contribution in [3.63, 3.8) is 0 Å². The minimum Gasteiger partial charge on any atom is -0.326 e. The number of rotatable bonds is 4. The molecule has 2 aromatic carbocycles. The maximum atomic E-state index is 12.3. The predicted molar refractivity (Wildman–Crippen MR) is 95.9 cm³/mol. The SMILES string of the molecule is Cc1cc(Br)ccc1NC(=O)CCn1nnc2ccccc2c1=O. The molecule has 0 radical (unpaired) electrons. The van der Waals surface area contributed by atoms with Crippen molar-refractivity contribution in [3.8, 4) is 0 Å². The number of aryl methyl sites for hydroxylation is 2. The van der Waals surface area contributed by atoms with Gasteiger partial charge in [0.2, 0.25) is 5.91 Å². The number of anilines is 1. The summed E-state index contributed by atoms with van der Waals surface area (Å²) in [5.41, 5.74) is 2.02. The molecule has 0 aliphatic heterocycles. The molecule has 1 aromatic heterocycles. The number of nitrogens with one attached hydrogen (secondary N) is 1. The van der Waals surface area contributed by atoms with Crippen molar-refractivity contribution in [2.24, 2.45) is 0 Å². The Morgan fingerprint density at radius 1 is 1.25 bits per heavy atom. The standard InChI is InChI=1S/C17H15BrN4O2/c1-11-10-12(18)6-7-14(11)19-16(23)8-9-22-17(24)13-4-2-3-5-15(13)20-21-22/h2-7,10H,8-9H2,1H3,(H,19,23). The van der Waals surface area contributed by atoms with Crippen molar-refractivity contribution in [1.82, 2.24) is 15.0 Å². The molecule has 7 heteroatoms. The van der Waals surface area contributed by atoms with Crippen LogP contribution in [0.4, 0.5) is 5.69 Å². The second-order valence-electron chi connectivity index (χ2n) is 5.39. The summed E-state index contributed by atoms with van der Waals surface area (Å²) in [5, 5.41) is 11.2. The molecule has 0 spiro atoms.